The van der Waals surface area contributed by atoms with Crippen LogP contribution in [0.3, 0.4) is 0 Å². The summed E-state index contributed by atoms with van der Waals surface area (Å²) in [6, 6.07) is 1.51. The molecule has 0 N–H and O–H groups in total. The molecule has 1 aromatic rings. The molecule has 0 spiro atoms. The molecule has 0 saturated heterocycles. The van der Waals surface area contributed by atoms with Crippen molar-refractivity contribution < 1.29 is 9.13 Å². The molecule has 0 aliphatic rings. The summed E-state index contributed by atoms with van der Waals surface area (Å²) >= 11 is 2.99. The van der Waals surface area contributed by atoms with E-state index in [1.165, 1.54) is 19.4 Å². The molecule has 1 rings (SSSR count). The normalized spacial score (nSPS) is 9.50. The van der Waals surface area contributed by atoms with Crippen molar-refractivity contribution in [3.63, 3.8) is 0 Å². The van der Waals surface area contributed by atoms with Crippen molar-refractivity contribution in [2.75, 3.05) is 7.11 Å². The second-order valence-electron chi connectivity index (χ2n) is 1.62. The quantitative estimate of drug-likeness (QED) is 0.700. The average Bonchev–Trinajstić information content (AvgIpc) is 1.95. The molecule has 0 saturated carbocycles. The van der Waals surface area contributed by atoms with Gasteiger partial charge >= 0.3 is 0 Å². The van der Waals surface area contributed by atoms with Gasteiger partial charge in [0.05, 0.1) is 11.6 Å². The number of hydrogen-bond acceptors (Lipinski definition) is 2. The minimum Gasteiger partial charge on any atom is -0.479 e. The average molecular weight is 206 g/mol. The number of methoxy groups -OCH3 is 1. The molecule has 0 aliphatic heterocycles. The van der Waals surface area contributed by atoms with Crippen LogP contribution in [-0.2, 0) is 0 Å². The molecule has 1 heterocycles. The fourth-order valence-electron chi connectivity index (χ4n) is 0.545. The van der Waals surface area contributed by atoms with E-state index < -0.39 is 5.82 Å². The Kier molecular flexibility index (Phi) is 2.21. The molecule has 4 heteroatoms. The maximum Gasteiger partial charge on any atom is 0.251 e. The minimum absolute atomic E-state index is 0.00868. The fourth-order valence-corrected chi connectivity index (χ4v) is 0.833. The van der Waals surface area contributed by atoms with Crippen LogP contribution in [0.15, 0.2) is 16.7 Å². The van der Waals surface area contributed by atoms with Crippen LogP contribution in [0.1, 0.15) is 0 Å². The van der Waals surface area contributed by atoms with Crippen LogP contribution in [-0.4, -0.2) is 12.1 Å². The minimum atomic E-state index is -0.468. The molecule has 0 aliphatic carbocycles. The van der Waals surface area contributed by atoms with Crippen LogP contribution in [0.2, 0.25) is 0 Å². The van der Waals surface area contributed by atoms with Gasteiger partial charge in [-0.25, -0.2) is 4.98 Å². The van der Waals surface area contributed by atoms with Crippen LogP contribution in [0.25, 0.3) is 0 Å². The molecular formula is C6H5BrFNO. The van der Waals surface area contributed by atoms with Crippen LogP contribution in [0.4, 0.5) is 4.39 Å². The first-order valence-corrected chi connectivity index (χ1v) is 3.39. The van der Waals surface area contributed by atoms with Crippen molar-refractivity contribution >= 4 is 15.9 Å². The molecule has 54 valence electrons. The Hall–Kier alpha value is -0.640. The first-order chi connectivity index (χ1) is 4.75. The van der Waals surface area contributed by atoms with E-state index in [1.807, 2.05) is 0 Å². The third-order valence-electron chi connectivity index (χ3n) is 1.00. The summed E-state index contributed by atoms with van der Waals surface area (Å²) < 4.78 is 17.7. The Bertz CT molecular complexity index is 241. The highest BCUT2D eigenvalue weighted by Crippen LogP contribution is 2.20. The lowest BCUT2D eigenvalue weighted by molar-refractivity contribution is 0.368. The summed E-state index contributed by atoms with van der Waals surface area (Å²) in [7, 11) is 1.37. The van der Waals surface area contributed by atoms with E-state index in [9.17, 15) is 4.39 Å². The lowest BCUT2D eigenvalue weighted by Gasteiger charge is -1.99. The SMILES string of the molecule is COc1nccc(Br)c1F. The highest BCUT2D eigenvalue weighted by atomic mass is 79.9. The number of nitrogens with zero attached hydrogens (tertiary/aromatic N) is 1. The van der Waals surface area contributed by atoms with Gasteiger partial charge in [0.2, 0.25) is 0 Å². The van der Waals surface area contributed by atoms with E-state index in [4.69, 9.17) is 0 Å². The Labute approximate surface area is 66.2 Å². The molecular weight excluding hydrogens is 201 g/mol. The molecule has 0 bridgehead atoms. The van der Waals surface area contributed by atoms with Gasteiger partial charge in [0.25, 0.3) is 5.88 Å². The Morgan fingerprint density at radius 3 is 2.90 bits per heavy atom. The highest BCUT2D eigenvalue weighted by Gasteiger charge is 2.05. The Balaban J connectivity index is 3.14. The second kappa shape index (κ2) is 2.96. The zero-order chi connectivity index (χ0) is 7.56. The summed E-state index contributed by atoms with van der Waals surface area (Å²) in [6.07, 6.45) is 1.46. The monoisotopic (exact) mass is 205 g/mol. The number of hydrogen-bond donors (Lipinski definition) is 0. The van der Waals surface area contributed by atoms with Gasteiger partial charge in [-0.2, -0.15) is 4.39 Å². The van der Waals surface area contributed by atoms with E-state index >= 15 is 0 Å². The van der Waals surface area contributed by atoms with Gasteiger partial charge in [-0.05, 0) is 22.0 Å². The maximum absolute atomic E-state index is 12.8. The van der Waals surface area contributed by atoms with Gasteiger partial charge in [-0.1, -0.05) is 0 Å². The number of rotatable bonds is 1. The van der Waals surface area contributed by atoms with Crippen molar-refractivity contribution in [3.8, 4) is 5.88 Å². The molecule has 0 aromatic carbocycles. The molecule has 0 fully saturated rings. The topological polar surface area (TPSA) is 22.1 Å². The zero-order valence-electron chi connectivity index (χ0n) is 5.27. The first kappa shape index (κ1) is 7.47. The third-order valence-corrected chi connectivity index (χ3v) is 1.62. The van der Waals surface area contributed by atoms with Crippen LogP contribution in [0, 0.1) is 5.82 Å². The van der Waals surface area contributed by atoms with Gasteiger partial charge in [-0.3, -0.25) is 0 Å². The Morgan fingerprint density at radius 2 is 2.40 bits per heavy atom. The summed E-state index contributed by atoms with van der Waals surface area (Å²) in [6.45, 7) is 0. The summed E-state index contributed by atoms with van der Waals surface area (Å²) in [4.78, 5) is 3.63. The maximum atomic E-state index is 12.8. The smallest absolute Gasteiger partial charge is 0.251 e. The van der Waals surface area contributed by atoms with Crippen molar-refractivity contribution in [3.05, 3.63) is 22.6 Å². The van der Waals surface area contributed by atoms with Crippen molar-refractivity contribution in [2.24, 2.45) is 0 Å². The summed E-state index contributed by atoms with van der Waals surface area (Å²) in [5, 5.41) is 0. The highest BCUT2D eigenvalue weighted by molar-refractivity contribution is 9.10. The summed E-state index contributed by atoms with van der Waals surface area (Å²) in [5.74, 6) is -0.459. The number of halogens is 2. The number of aromatic nitrogens is 1. The van der Waals surface area contributed by atoms with Crippen molar-refractivity contribution in [1.82, 2.24) is 4.98 Å². The van der Waals surface area contributed by atoms with Gasteiger partial charge in [-0.15, -0.1) is 0 Å². The van der Waals surface area contributed by atoms with E-state index in [0.717, 1.165) is 0 Å². The molecule has 2 nitrogen and oxygen atoms in total. The van der Waals surface area contributed by atoms with Gasteiger partial charge in [0.15, 0.2) is 5.82 Å². The predicted molar refractivity (Wildman–Crippen MR) is 38.4 cm³/mol. The van der Waals surface area contributed by atoms with E-state index in [2.05, 4.69) is 25.7 Å². The van der Waals surface area contributed by atoms with E-state index in [0.29, 0.717) is 4.47 Å². The van der Waals surface area contributed by atoms with Crippen LogP contribution in [0.5, 0.6) is 5.88 Å². The summed E-state index contributed by atoms with van der Waals surface area (Å²) in [5.41, 5.74) is 0. The largest absolute Gasteiger partial charge is 0.479 e. The van der Waals surface area contributed by atoms with Gasteiger partial charge in [0.1, 0.15) is 0 Å². The van der Waals surface area contributed by atoms with Gasteiger partial charge < -0.3 is 4.74 Å². The molecule has 0 unspecified atom stereocenters. The number of ether oxygens (including phenoxy) is 1. The molecule has 0 amide bonds. The van der Waals surface area contributed by atoms with Crippen LogP contribution >= 0.6 is 15.9 Å². The third kappa shape index (κ3) is 1.26. The standard InChI is InChI=1S/C6H5BrFNO/c1-10-6-5(8)4(7)2-3-9-6/h2-3H,1H3. The lowest BCUT2D eigenvalue weighted by Crippen LogP contribution is -1.91. The van der Waals surface area contributed by atoms with Crippen LogP contribution < -0.4 is 4.74 Å². The lowest BCUT2D eigenvalue weighted by atomic mass is 10.5. The molecule has 0 radical (unpaired) electrons. The molecule has 10 heavy (non-hydrogen) atoms. The zero-order valence-corrected chi connectivity index (χ0v) is 6.85. The van der Waals surface area contributed by atoms with Crippen molar-refractivity contribution in [2.45, 2.75) is 0 Å². The van der Waals surface area contributed by atoms with E-state index in [-0.39, 0.29) is 5.88 Å². The van der Waals surface area contributed by atoms with E-state index in [1.54, 1.807) is 0 Å². The number of pyridine rings is 1. The fraction of sp³-hybridized carbons (Fsp3) is 0.167. The Morgan fingerprint density at radius 1 is 1.70 bits per heavy atom. The predicted octanol–water partition coefficient (Wildman–Crippen LogP) is 1.99. The van der Waals surface area contributed by atoms with Crippen molar-refractivity contribution in [1.29, 1.82) is 0 Å². The molecule has 1 aromatic heterocycles. The van der Waals surface area contributed by atoms with Gasteiger partial charge in [0, 0.05) is 6.20 Å². The first-order valence-electron chi connectivity index (χ1n) is 2.59. The molecule has 0 atom stereocenters. The second-order valence-corrected chi connectivity index (χ2v) is 2.47.